The van der Waals surface area contributed by atoms with Crippen molar-refractivity contribution in [2.75, 3.05) is 5.32 Å². The number of nitrogens with one attached hydrogen (secondary N) is 1. The van der Waals surface area contributed by atoms with Gasteiger partial charge in [-0.15, -0.1) is 0 Å². The maximum absolute atomic E-state index is 11.4. The van der Waals surface area contributed by atoms with Crippen LogP contribution in [0, 0.1) is 10.1 Å². The molecule has 0 aliphatic rings. The number of anilines is 1. The lowest BCUT2D eigenvalue weighted by atomic mass is 10.3. The molecular weight excluding hydrogens is 270 g/mol. The molecule has 1 N–H and O–H groups in total. The Morgan fingerprint density at radius 3 is 2.84 bits per heavy atom. The maximum Gasteiger partial charge on any atom is 0.270 e. The highest BCUT2D eigenvalue weighted by atomic mass is 32.1. The first-order chi connectivity index (χ1) is 8.95. The molecule has 0 saturated carbocycles. The fraction of sp³-hybridized carbons (Fsp3) is 0.182. The van der Waals surface area contributed by atoms with Crippen molar-refractivity contribution in [1.29, 1.82) is 0 Å². The summed E-state index contributed by atoms with van der Waals surface area (Å²) < 4.78 is 0.604. The number of fused-ring (bicyclic) bond motifs is 1. The van der Waals surface area contributed by atoms with Crippen LogP contribution in [0.4, 0.5) is 10.8 Å². The molecule has 0 unspecified atom stereocenters. The molecule has 1 heterocycles. The summed E-state index contributed by atoms with van der Waals surface area (Å²) in [6.45, 7) is 1.32. The van der Waals surface area contributed by atoms with Gasteiger partial charge in [-0.25, -0.2) is 4.98 Å². The fourth-order valence-corrected chi connectivity index (χ4v) is 2.38. The Hall–Kier alpha value is -2.35. The summed E-state index contributed by atoms with van der Waals surface area (Å²) in [5, 5.41) is 13.4. The van der Waals surface area contributed by atoms with E-state index in [-0.39, 0.29) is 17.9 Å². The Bertz CT molecular complexity index is 680. The number of nitrogens with zero attached hydrogens (tertiary/aromatic N) is 2. The SMILES string of the molecule is CC(=O)CC(=O)Nc1nc2ccc([N+](=O)[O-])cc2s1. The van der Waals surface area contributed by atoms with Crippen molar-refractivity contribution in [3.05, 3.63) is 28.3 Å². The van der Waals surface area contributed by atoms with E-state index in [0.29, 0.717) is 15.3 Å². The molecule has 0 fully saturated rings. The molecule has 7 nitrogen and oxygen atoms in total. The Morgan fingerprint density at radius 1 is 1.47 bits per heavy atom. The summed E-state index contributed by atoms with van der Waals surface area (Å²) in [5.74, 6) is -0.685. The minimum absolute atomic E-state index is 0.0298. The number of amides is 1. The Labute approximate surface area is 111 Å². The Balaban J connectivity index is 2.24. The van der Waals surface area contributed by atoms with Gasteiger partial charge >= 0.3 is 0 Å². The van der Waals surface area contributed by atoms with Crippen LogP contribution in [0.3, 0.4) is 0 Å². The summed E-state index contributed by atoms with van der Waals surface area (Å²) >= 11 is 1.13. The molecule has 19 heavy (non-hydrogen) atoms. The van der Waals surface area contributed by atoms with Crippen molar-refractivity contribution in [2.45, 2.75) is 13.3 Å². The molecule has 1 aromatic carbocycles. The van der Waals surface area contributed by atoms with Gasteiger partial charge in [-0.05, 0) is 13.0 Å². The number of benzene rings is 1. The van der Waals surface area contributed by atoms with E-state index >= 15 is 0 Å². The Morgan fingerprint density at radius 2 is 2.21 bits per heavy atom. The van der Waals surface area contributed by atoms with Crippen molar-refractivity contribution < 1.29 is 14.5 Å². The molecule has 0 radical (unpaired) electrons. The summed E-state index contributed by atoms with van der Waals surface area (Å²) in [7, 11) is 0. The van der Waals surface area contributed by atoms with Crippen LogP contribution in [-0.2, 0) is 9.59 Å². The third-order valence-corrected chi connectivity index (χ3v) is 3.17. The van der Waals surface area contributed by atoms with Gasteiger partial charge in [-0.2, -0.15) is 0 Å². The first-order valence-electron chi connectivity index (χ1n) is 5.30. The molecule has 0 aliphatic heterocycles. The Kier molecular flexibility index (Phi) is 3.52. The van der Waals surface area contributed by atoms with Crippen molar-refractivity contribution >= 4 is 44.1 Å². The third kappa shape index (κ3) is 3.10. The van der Waals surface area contributed by atoms with Crippen LogP contribution >= 0.6 is 11.3 Å². The normalized spacial score (nSPS) is 10.4. The largest absolute Gasteiger partial charge is 0.302 e. The number of thiazole rings is 1. The van der Waals surface area contributed by atoms with Gasteiger partial charge in [0.25, 0.3) is 5.69 Å². The van der Waals surface area contributed by atoms with Gasteiger partial charge in [-0.3, -0.25) is 19.7 Å². The van der Waals surface area contributed by atoms with Crippen molar-refractivity contribution in [1.82, 2.24) is 4.98 Å². The van der Waals surface area contributed by atoms with Crippen LogP contribution in [0.5, 0.6) is 0 Å². The number of Topliss-reactive ketones (excluding diaryl/α,β-unsaturated/α-hetero) is 1. The number of ketones is 1. The predicted octanol–water partition coefficient (Wildman–Crippen LogP) is 2.12. The molecule has 0 atom stereocenters. The van der Waals surface area contributed by atoms with Crippen molar-refractivity contribution in [3.8, 4) is 0 Å². The zero-order chi connectivity index (χ0) is 14.0. The molecule has 1 amide bonds. The van der Waals surface area contributed by atoms with Crippen LogP contribution in [-0.4, -0.2) is 21.6 Å². The second-order valence-corrected chi connectivity index (χ2v) is 4.89. The fourth-order valence-electron chi connectivity index (χ4n) is 1.47. The summed E-state index contributed by atoms with van der Waals surface area (Å²) in [4.78, 5) is 36.4. The van der Waals surface area contributed by atoms with Crippen molar-refractivity contribution in [3.63, 3.8) is 0 Å². The minimum Gasteiger partial charge on any atom is -0.302 e. The molecule has 1 aromatic heterocycles. The van der Waals surface area contributed by atoms with Crippen LogP contribution in [0.25, 0.3) is 10.2 Å². The lowest BCUT2D eigenvalue weighted by Crippen LogP contribution is -2.14. The zero-order valence-corrected chi connectivity index (χ0v) is 10.7. The number of carbonyl (C=O) groups is 2. The summed E-state index contributed by atoms with van der Waals surface area (Å²) in [6.07, 6.45) is -0.212. The lowest BCUT2D eigenvalue weighted by molar-refractivity contribution is -0.384. The van der Waals surface area contributed by atoms with Crippen LogP contribution in [0.15, 0.2) is 18.2 Å². The maximum atomic E-state index is 11.4. The van der Waals surface area contributed by atoms with Crippen LogP contribution < -0.4 is 5.32 Å². The van der Waals surface area contributed by atoms with Gasteiger partial charge in [0.15, 0.2) is 5.13 Å². The lowest BCUT2D eigenvalue weighted by Gasteiger charge is -1.97. The van der Waals surface area contributed by atoms with Gasteiger partial charge in [0.1, 0.15) is 5.78 Å². The minimum atomic E-state index is -0.493. The van der Waals surface area contributed by atoms with Gasteiger partial charge in [-0.1, -0.05) is 11.3 Å². The van der Waals surface area contributed by atoms with E-state index in [0.717, 1.165) is 11.3 Å². The molecule has 8 heteroatoms. The number of non-ortho nitro benzene ring substituents is 1. The van der Waals surface area contributed by atoms with Gasteiger partial charge in [0, 0.05) is 12.1 Å². The quantitative estimate of drug-likeness (QED) is 0.524. The zero-order valence-electron chi connectivity index (χ0n) is 9.87. The molecule has 98 valence electrons. The van der Waals surface area contributed by atoms with E-state index in [1.165, 1.54) is 25.1 Å². The predicted molar refractivity (Wildman–Crippen MR) is 70.2 cm³/mol. The highest BCUT2D eigenvalue weighted by Crippen LogP contribution is 2.29. The summed E-state index contributed by atoms with van der Waals surface area (Å²) in [5.41, 5.74) is 0.534. The number of nitro groups is 1. The second-order valence-electron chi connectivity index (χ2n) is 3.86. The molecule has 2 aromatic rings. The van der Waals surface area contributed by atoms with Gasteiger partial charge in [0.05, 0.1) is 21.6 Å². The monoisotopic (exact) mass is 279 g/mol. The highest BCUT2D eigenvalue weighted by molar-refractivity contribution is 7.22. The van der Waals surface area contributed by atoms with Crippen LogP contribution in [0.2, 0.25) is 0 Å². The first kappa shape index (κ1) is 13.1. The van der Waals surface area contributed by atoms with Gasteiger partial charge < -0.3 is 5.32 Å². The van der Waals surface area contributed by atoms with Crippen LogP contribution in [0.1, 0.15) is 13.3 Å². The van der Waals surface area contributed by atoms with E-state index in [9.17, 15) is 19.7 Å². The van der Waals surface area contributed by atoms with Gasteiger partial charge in [0.2, 0.25) is 5.91 Å². The number of nitro benzene ring substituents is 1. The summed E-state index contributed by atoms with van der Waals surface area (Å²) in [6, 6.07) is 4.27. The molecule has 0 saturated heterocycles. The number of carbonyl (C=O) groups excluding carboxylic acids is 2. The average Bonchev–Trinajstić information content (AvgIpc) is 2.68. The van der Waals surface area contributed by atoms with E-state index in [1.807, 2.05) is 0 Å². The number of rotatable bonds is 4. The number of aromatic nitrogens is 1. The molecule has 0 aliphatic carbocycles. The molecule has 0 spiro atoms. The van der Waals surface area contributed by atoms with E-state index in [2.05, 4.69) is 10.3 Å². The molecule has 2 rings (SSSR count). The highest BCUT2D eigenvalue weighted by Gasteiger charge is 2.12. The second kappa shape index (κ2) is 5.11. The standard InChI is InChI=1S/C11H9N3O4S/c1-6(15)4-10(16)13-11-12-8-3-2-7(14(17)18)5-9(8)19-11/h2-3,5H,4H2,1H3,(H,12,13,16). The van der Waals surface area contributed by atoms with E-state index in [1.54, 1.807) is 0 Å². The molecule has 0 bridgehead atoms. The van der Waals surface area contributed by atoms with E-state index in [4.69, 9.17) is 0 Å². The topological polar surface area (TPSA) is 102 Å². The molecular formula is C11H9N3O4S. The third-order valence-electron chi connectivity index (χ3n) is 2.24. The number of hydrogen-bond donors (Lipinski definition) is 1. The average molecular weight is 279 g/mol. The van der Waals surface area contributed by atoms with Crippen molar-refractivity contribution in [2.24, 2.45) is 0 Å². The number of hydrogen-bond acceptors (Lipinski definition) is 6. The smallest absolute Gasteiger partial charge is 0.270 e. The first-order valence-corrected chi connectivity index (χ1v) is 6.11. The van der Waals surface area contributed by atoms with E-state index < -0.39 is 10.8 Å².